The summed E-state index contributed by atoms with van der Waals surface area (Å²) in [6, 6.07) is 3.97. The van der Waals surface area contributed by atoms with Crippen molar-refractivity contribution >= 4 is 43.5 Å². The zero-order valence-electron chi connectivity index (χ0n) is 12.4. The Morgan fingerprint density at radius 1 is 1.25 bits per heavy atom. The van der Waals surface area contributed by atoms with Gasteiger partial charge in [0.05, 0.1) is 5.69 Å². The summed E-state index contributed by atoms with van der Waals surface area (Å²) in [5, 5.41) is 6.27. The van der Waals surface area contributed by atoms with Crippen LogP contribution in [0.25, 0.3) is 0 Å². The Hall–Kier alpha value is -0.550. The van der Waals surface area contributed by atoms with Crippen LogP contribution in [0.3, 0.4) is 0 Å². The fourth-order valence-corrected chi connectivity index (χ4v) is 3.64. The van der Waals surface area contributed by atoms with Gasteiger partial charge in [0.2, 0.25) is 5.91 Å². The van der Waals surface area contributed by atoms with Crippen molar-refractivity contribution in [2.45, 2.75) is 52.6 Å². The highest BCUT2D eigenvalue weighted by Crippen LogP contribution is 2.32. The number of carbonyl (C=O) groups is 1. The van der Waals surface area contributed by atoms with Crippen molar-refractivity contribution in [3.05, 3.63) is 26.6 Å². The largest absolute Gasteiger partial charge is 0.372 e. The second kappa shape index (κ2) is 8.03. The molecule has 0 heterocycles. The molecule has 5 heteroatoms. The molecule has 0 saturated carbocycles. The second-order valence-electron chi connectivity index (χ2n) is 5.17. The SMILES string of the molecule is CCCC(C)NC(=O)C(C)Nc1c(Br)cc(C)cc1Br. The summed E-state index contributed by atoms with van der Waals surface area (Å²) in [5.41, 5.74) is 2.06. The van der Waals surface area contributed by atoms with Crippen LogP contribution in [0.5, 0.6) is 0 Å². The number of hydrogen-bond donors (Lipinski definition) is 2. The summed E-state index contributed by atoms with van der Waals surface area (Å²) in [4.78, 5) is 12.1. The molecule has 2 atom stereocenters. The molecule has 1 amide bonds. The lowest BCUT2D eigenvalue weighted by Crippen LogP contribution is -2.42. The van der Waals surface area contributed by atoms with Crippen LogP contribution in [0.1, 0.15) is 39.2 Å². The minimum atomic E-state index is -0.287. The van der Waals surface area contributed by atoms with Crippen molar-refractivity contribution < 1.29 is 4.79 Å². The number of carbonyl (C=O) groups excluding carboxylic acids is 1. The van der Waals surface area contributed by atoms with E-state index in [2.05, 4.69) is 49.4 Å². The topological polar surface area (TPSA) is 41.1 Å². The molecule has 1 aromatic rings. The quantitative estimate of drug-likeness (QED) is 0.724. The van der Waals surface area contributed by atoms with Crippen molar-refractivity contribution in [1.82, 2.24) is 5.32 Å². The molecule has 112 valence electrons. The zero-order valence-corrected chi connectivity index (χ0v) is 15.6. The fraction of sp³-hybridized carbons (Fsp3) is 0.533. The molecule has 0 spiro atoms. The van der Waals surface area contributed by atoms with Gasteiger partial charge in [-0.3, -0.25) is 4.79 Å². The number of nitrogens with one attached hydrogen (secondary N) is 2. The number of amides is 1. The highest BCUT2D eigenvalue weighted by molar-refractivity contribution is 9.11. The monoisotopic (exact) mass is 404 g/mol. The maximum Gasteiger partial charge on any atom is 0.242 e. The number of benzene rings is 1. The van der Waals surface area contributed by atoms with Crippen LogP contribution in [0.4, 0.5) is 5.69 Å². The molecule has 1 aromatic carbocycles. The van der Waals surface area contributed by atoms with E-state index in [1.54, 1.807) is 0 Å². The van der Waals surface area contributed by atoms with Crippen molar-refractivity contribution in [2.24, 2.45) is 0 Å². The van der Waals surface area contributed by atoms with Gasteiger partial charge < -0.3 is 10.6 Å². The van der Waals surface area contributed by atoms with E-state index < -0.39 is 0 Å². The van der Waals surface area contributed by atoms with Crippen molar-refractivity contribution in [3.8, 4) is 0 Å². The van der Waals surface area contributed by atoms with Crippen LogP contribution in [0.2, 0.25) is 0 Å². The number of hydrogen-bond acceptors (Lipinski definition) is 2. The molecule has 0 bridgehead atoms. The number of aryl methyl sites for hydroxylation is 1. The molecule has 0 aromatic heterocycles. The lowest BCUT2D eigenvalue weighted by molar-refractivity contribution is -0.122. The first-order valence-electron chi connectivity index (χ1n) is 6.87. The molecule has 0 saturated heterocycles. The molecule has 0 aliphatic rings. The molecule has 0 radical (unpaired) electrons. The third-order valence-electron chi connectivity index (χ3n) is 3.05. The van der Waals surface area contributed by atoms with Gasteiger partial charge in [-0.1, -0.05) is 13.3 Å². The van der Waals surface area contributed by atoms with Gasteiger partial charge in [0.25, 0.3) is 0 Å². The number of rotatable bonds is 6. The highest BCUT2D eigenvalue weighted by Gasteiger charge is 2.17. The van der Waals surface area contributed by atoms with E-state index in [9.17, 15) is 4.79 Å². The van der Waals surface area contributed by atoms with Crippen molar-refractivity contribution in [2.75, 3.05) is 5.32 Å². The number of anilines is 1. The molecular formula is C15H22Br2N2O. The maximum absolute atomic E-state index is 12.1. The average molecular weight is 406 g/mol. The van der Waals surface area contributed by atoms with Crippen LogP contribution >= 0.6 is 31.9 Å². The maximum atomic E-state index is 12.1. The third-order valence-corrected chi connectivity index (χ3v) is 4.30. The number of halogens is 2. The van der Waals surface area contributed by atoms with E-state index in [0.717, 1.165) is 33.0 Å². The van der Waals surface area contributed by atoms with Gasteiger partial charge in [-0.15, -0.1) is 0 Å². The molecule has 2 N–H and O–H groups in total. The smallest absolute Gasteiger partial charge is 0.242 e. The minimum Gasteiger partial charge on any atom is -0.372 e. The first-order valence-corrected chi connectivity index (χ1v) is 8.46. The van der Waals surface area contributed by atoms with E-state index in [1.165, 1.54) is 0 Å². The Labute approximate surface area is 138 Å². The fourth-order valence-electron chi connectivity index (χ4n) is 1.99. The minimum absolute atomic E-state index is 0.0188. The molecule has 2 unspecified atom stereocenters. The zero-order chi connectivity index (χ0) is 15.3. The summed E-state index contributed by atoms with van der Waals surface area (Å²) >= 11 is 7.05. The predicted octanol–water partition coefficient (Wildman–Crippen LogP) is 4.63. The highest BCUT2D eigenvalue weighted by atomic mass is 79.9. The van der Waals surface area contributed by atoms with E-state index in [0.29, 0.717) is 0 Å². The van der Waals surface area contributed by atoms with Crippen LogP contribution < -0.4 is 10.6 Å². The van der Waals surface area contributed by atoms with Crippen LogP contribution in [-0.2, 0) is 4.79 Å². The predicted molar refractivity (Wildman–Crippen MR) is 92.2 cm³/mol. The van der Waals surface area contributed by atoms with Crippen LogP contribution in [-0.4, -0.2) is 18.0 Å². The molecule has 3 nitrogen and oxygen atoms in total. The summed E-state index contributed by atoms with van der Waals surface area (Å²) in [7, 11) is 0. The van der Waals surface area contributed by atoms with E-state index >= 15 is 0 Å². The van der Waals surface area contributed by atoms with Gasteiger partial charge in [0.15, 0.2) is 0 Å². The van der Waals surface area contributed by atoms with Gasteiger partial charge in [-0.25, -0.2) is 0 Å². The summed E-state index contributed by atoms with van der Waals surface area (Å²) in [5.74, 6) is 0.0188. The molecule has 0 aliphatic heterocycles. The molecular weight excluding hydrogens is 384 g/mol. The molecule has 0 aliphatic carbocycles. The van der Waals surface area contributed by atoms with Gasteiger partial charge in [0.1, 0.15) is 6.04 Å². The summed E-state index contributed by atoms with van der Waals surface area (Å²) in [6.07, 6.45) is 2.06. The standard InChI is InChI=1S/C15H22Br2N2O/c1-5-6-10(3)18-15(20)11(4)19-14-12(16)7-9(2)8-13(14)17/h7-8,10-11,19H,5-6H2,1-4H3,(H,18,20). The van der Waals surface area contributed by atoms with Crippen LogP contribution in [0, 0.1) is 6.92 Å². The first kappa shape index (κ1) is 17.5. The third kappa shape index (κ3) is 5.09. The van der Waals surface area contributed by atoms with Crippen molar-refractivity contribution in [1.29, 1.82) is 0 Å². The van der Waals surface area contributed by atoms with Crippen molar-refractivity contribution in [3.63, 3.8) is 0 Å². The second-order valence-corrected chi connectivity index (χ2v) is 6.88. The summed E-state index contributed by atoms with van der Waals surface area (Å²) < 4.78 is 1.90. The van der Waals surface area contributed by atoms with E-state index in [1.807, 2.05) is 32.9 Å². The molecule has 1 rings (SSSR count). The first-order chi connectivity index (χ1) is 9.35. The van der Waals surface area contributed by atoms with E-state index in [4.69, 9.17) is 0 Å². The Bertz CT molecular complexity index is 454. The lowest BCUT2D eigenvalue weighted by atomic mass is 10.1. The Balaban J connectivity index is 2.71. The average Bonchev–Trinajstić information content (AvgIpc) is 2.33. The Morgan fingerprint density at radius 3 is 2.30 bits per heavy atom. The lowest BCUT2D eigenvalue weighted by Gasteiger charge is -2.20. The van der Waals surface area contributed by atoms with Gasteiger partial charge in [0, 0.05) is 15.0 Å². The molecule has 0 fully saturated rings. The Morgan fingerprint density at radius 2 is 1.80 bits per heavy atom. The van der Waals surface area contributed by atoms with Gasteiger partial charge in [-0.05, 0) is 76.7 Å². The normalized spacial score (nSPS) is 13.7. The van der Waals surface area contributed by atoms with Gasteiger partial charge in [-0.2, -0.15) is 0 Å². The van der Waals surface area contributed by atoms with Crippen LogP contribution in [0.15, 0.2) is 21.1 Å². The van der Waals surface area contributed by atoms with E-state index in [-0.39, 0.29) is 18.0 Å². The van der Waals surface area contributed by atoms with Gasteiger partial charge >= 0.3 is 0 Å². The molecule has 20 heavy (non-hydrogen) atoms. The summed E-state index contributed by atoms with van der Waals surface area (Å²) in [6.45, 7) is 8.05. The Kier molecular flexibility index (Phi) is 7.03.